The molecule has 0 saturated carbocycles. The summed E-state index contributed by atoms with van der Waals surface area (Å²) in [5.74, 6) is 0. The van der Waals surface area contributed by atoms with Gasteiger partial charge in [0.15, 0.2) is 0 Å². The zero-order valence-corrected chi connectivity index (χ0v) is 13.4. The van der Waals surface area contributed by atoms with E-state index in [0.29, 0.717) is 17.8 Å². The van der Waals surface area contributed by atoms with Crippen LogP contribution >= 0.6 is 15.9 Å². The molecule has 0 spiro atoms. The van der Waals surface area contributed by atoms with Gasteiger partial charge in [0.2, 0.25) is 0 Å². The number of hydrogen-bond donors (Lipinski definition) is 1. The zero-order chi connectivity index (χ0) is 15.6. The molecular formula is C14H16BrN3O3. The van der Waals surface area contributed by atoms with Crippen LogP contribution in [0.4, 0.5) is 11.4 Å². The Kier molecular flexibility index (Phi) is 4.64. The fourth-order valence-electron chi connectivity index (χ4n) is 2.18. The summed E-state index contributed by atoms with van der Waals surface area (Å²) in [6.07, 6.45) is 1.93. The number of nitro benzene ring substituents is 1. The molecule has 1 aromatic carbocycles. The van der Waals surface area contributed by atoms with Crippen LogP contribution in [0.15, 0.2) is 34.9 Å². The number of aromatic nitrogens is 1. The van der Waals surface area contributed by atoms with Gasteiger partial charge < -0.3 is 14.6 Å². The molecule has 112 valence electrons. The second-order valence-corrected chi connectivity index (χ2v) is 5.77. The number of anilines is 1. The minimum Gasteiger partial charge on any atom is -0.392 e. The van der Waals surface area contributed by atoms with Crippen molar-refractivity contribution in [2.24, 2.45) is 7.05 Å². The van der Waals surface area contributed by atoms with E-state index in [-0.39, 0.29) is 12.3 Å². The topological polar surface area (TPSA) is 71.5 Å². The second-order valence-electron chi connectivity index (χ2n) is 4.85. The van der Waals surface area contributed by atoms with Gasteiger partial charge in [0.05, 0.1) is 18.1 Å². The molecule has 0 amide bonds. The Balaban J connectivity index is 2.35. The molecule has 1 aromatic heterocycles. The van der Waals surface area contributed by atoms with E-state index in [0.717, 1.165) is 10.2 Å². The van der Waals surface area contributed by atoms with Gasteiger partial charge in [-0.1, -0.05) is 0 Å². The number of aliphatic hydroxyl groups excluding tert-OH is 1. The first-order valence-electron chi connectivity index (χ1n) is 6.32. The Labute approximate surface area is 130 Å². The Morgan fingerprint density at radius 2 is 2.14 bits per heavy atom. The van der Waals surface area contributed by atoms with Gasteiger partial charge in [-0.25, -0.2) is 0 Å². The predicted octanol–water partition coefficient (Wildman–Crippen LogP) is 2.82. The molecule has 0 atom stereocenters. The summed E-state index contributed by atoms with van der Waals surface area (Å²) in [5.41, 5.74) is 2.19. The molecule has 0 aliphatic heterocycles. The molecule has 0 radical (unpaired) electrons. The normalized spacial score (nSPS) is 10.7. The van der Waals surface area contributed by atoms with Crippen molar-refractivity contribution in [1.29, 1.82) is 0 Å². The Hall–Kier alpha value is -1.86. The van der Waals surface area contributed by atoms with Crippen LogP contribution in [0.1, 0.15) is 11.3 Å². The lowest BCUT2D eigenvalue weighted by molar-refractivity contribution is -0.384. The fraction of sp³-hybridized carbons (Fsp3) is 0.286. The van der Waals surface area contributed by atoms with Crippen molar-refractivity contribution in [2.75, 3.05) is 11.9 Å². The largest absolute Gasteiger partial charge is 0.392 e. The molecule has 0 fully saturated rings. The summed E-state index contributed by atoms with van der Waals surface area (Å²) >= 11 is 3.41. The van der Waals surface area contributed by atoms with Crippen LogP contribution in [-0.2, 0) is 20.2 Å². The average Bonchev–Trinajstić information content (AvgIpc) is 2.75. The summed E-state index contributed by atoms with van der Waals surface area (Å²) in [4.78, 5) is 12.5. The zero-order valence-electron chi connectivity index (χ0n) is 11.8. The lowest BCUT2D eigenvalue weighted by atomic mass is 10.1. The number of aryl methyl sites for hydroxylation is 1. The molecule has 0 aliphatic rings. The van der Waals surface area contributed by atoms with Gasteiger partial charge in [0.25, 0.3) is 5.69 Å². The third-order valence-electron chi connectivity index (χ3n) is 3.30. The molecule has 0 aliphatic carbocycles. The lowest BCUT2D eigenvalue weighted by Crippen LogP contribution is -2.19. The van der Waals surface area contributed by atoms with Crippen LogP contribution in [0.5, 0.6) is 0 Å². The maximum absolute atomic E-state index is 11.2. The minimum absolute atomic E-state index is 0.0305. The molecule has 21 heavy (non-hydrogen) atoms. The van der Waals surface area contributed by atoms with Crippen LogP contribution in [0, 0.1) is 10.1 Å². The highest BCUT2D eigenvalue weighted by atomic mass is 79.9. The van der Waals surface area contributed by atoms with Gasteiger partial charge in [0, 0.05) is 36.5 Å². The molecule has 0 saturated heterocycles. The maximum Gasteiger partial charge on any atom is 0.292 e. The average molecular weight is 354 g/mol. The van der Waals surface area contributed by atoms with E-state index >= 15 is 0 Å². The summed E-state index contributed by atoms with van der Waals surface area (Å²) < 4.78 is 2.93. The van der Waals surface area contributed by atoms with Gasteiger partial charge in [-0.3, -0.25) is 10.1 Å². The smallest absolute Gasteiger partial charge is 0.292 e. The molecular weight excluding hydrogens is 338 g/mol. The van der Waals surface area contributed by atoms with Crippen LogP contribution in [0.2, 0.25) is 0 Å². The highest BCUT2D eigenvalue weighted by Crippen LogP contribution is 2.30. The standard InChI is InChI=1S/C14H16BrN3O3/c1-16-7-11(15)6-12(16)8-17(2)14-5-10(9-19)3-4-13(14)18(20)21/h3-7,19H,8-9H2,1-2H3. The number of aliphatic hydroxyl groups is 1. The van der Waals surface area contributed by atoms with Crippen molar-refractivity contribution in [3.8, 4) is 0 Å². The fourth-order valence-corrected chi connectivity index (χ4v) is 2.75. The maximum atomic E-state index is 11.2. The first kappa shape index (κ1) is 15.5. The quantitative estimate of drug-likeness (QED) is 0.662. The van der Waals surface area contributed by atoms with Crippen LogP contribution in [0.3, 0.4) is 0 Å². The molecule has 1 N–H and O–H groups in total. The van der Waals surface area contributed by atoms with Crippen molar-refractivity contribution in [2.45, 2.75) is 13.2 Å². The van der Waals surface area contributed by atoms with E-state index in [1.165, 1.54) is 6.07 Å². The van der Waals surface area contributed by atoms with Gasteiger partial charge >= 0.3 is 0 Å². The highest BCUT2D eigenvalue weighted by molar-refractivity contribution is 9.10. The first-order valence-corrected chi connectivity index (χ1v) is 7.11. The molecule has 2 rings (SSSR count). The number of benzene rings is 1. The molecule has 2 aromatic rings. The SMILES string of the molecule is CN(Cc1cc(Br)cn1C)c1cc(CO)ccc1[N+](=O)[O-]. The van der Waals surface area contributed by atoms with E-state index < -0.39 is 4.92 Å². The van der Waals surface area contributed by atoms with Gasteiger partial charge in [-0.2, -0.15) is 0 Å². The molecule has 0 bridgehead atoms. The molecule has 7 heteroatoms. The van der Waals surface area contributed by atoms with Crippen molar-refractivity contribution in [1.82, 2.24) is 4.57 Å². The van der Waals surface area contributed by atoms with Crippen molar-refractivity contribution in [3.63, 3.8) is 0 Å². The molecule has 1 heterocycles. The number of nitro groups is 1. The van der Waals surface area contributed by atoms with Crippen molar-refractivity contribution in [3.05, 3.63) is 56.3 Å². The van der Waals surface area contributed by atoms with Crippen molar-refractivity contribution < 1.29 is 10.0 Å². The van der Waals surface area contributed by atoms with Crippen LogP contribution in [-0.4, -0.2) is 21.6 Å². The van der Waals surface area contributed by atoms with E-state index in [4.69, 9.17) is 0 Å². The van der Waals surface area contributed by atoms with E-state index in [1.54, 1.807) is 24.1 Å². The third-order valence-corrected chi connectivity index (χ3v) is 3.74. The highest BCUT2D eigenvalue weighted by Gasteiger charge is 2.18. The second kappa shape index (κ2) is 6.28. The summed E-state index contributed by atoms with van der Waals surface area (Å²) in [6.45, 7) is 0.381. The van der Waals surface area contributed by atoms with E-state index in [9.17, 15) is 15.2 Å². The first-order chi connectivity index (χ1) is 9.92. The minimum atomic E-state index is -0.409. The van der Waals surface area contributed by atoms with Gasteiger partial charge in [0.1, 0.15) is 5.69 Å². The number of halogens is 1. The Morgan fingerprint density at radius 3 is 2.67 bits per heavy atom. The lowest BCUT2D eigenvalue weighted by Gasteiger charge is -2.20. The van der Waals surface area contributed by atoms with E-state index in [2.05, 4.69) is 15.9 Å². The number of rotatable bonds is 5. The Bertz CT molecular complexity index is 669. The summed E-state index contributed by atoms with van der Waals surface area (Å²) in [7, 11) is 3.72. The van der Waals surface area contributed by atoms with E-state index in [1.807, 2.05) is 23.9 Å². The summed E-state index contributed by atoms with van der Waals surface area (Å²) in [5, 5.41) is 20.4. The Morgan fingerprint density at radius 1 is 1.43 bits per heavy atom. The van der Waals surface area contributed by atoms with Crippen molar-refractivity contribution >= 4 is 27.3 Å². The summed E-state index contributed by atoms with van der Waals surface area (Å²) in [6, 6.07) is 6.61. The number of hydrogen-bond acceptors (Lipinski definition) is 4. The van der Waals surface area contributed by atoms with Crippen LogP contribution < -0.4 is 4.90 Å². The third kappa shape index (κ3) is 3.43. The monoisotopic (exact) mass is 353 g/mol. The molecule has 0 unspecified atom stereocenters. The number of nitrogens with zero attached hydrogens (tertiary/aromatic N) is 3. The molecule has 6 nitrogen and oxygen atoms in total. The van der Waals surface area contributed by atoms with Gasteiger partial charge in [-0.15, -0.1) is 0 Å². The predicted molar refractivity (Wildman–Crippen MR) is 84.2 cm³/mol. The van der Waals surface area contributed by atoms with Gasteiger partial charge in [-0.05, 0) is 39.7 Å². The van der Waals surface area contributed by atoms with Crippen LogP contribution in [0.25, 0.3) is 0 Å².